The SMILES string of the molecule is C=C(S/C=C/Cc1cc(C)c(N)cc1C)c1ccc2c(c1)CCCC2. The van der Waals surface area contributed by atoms with Crippen molar-refractivity contribution < 1.29 is 0 Å². The Balaban J connectivity index is 1.61. The van der Waals surface area contributed by atoms with Gasteiger partial charge < -0.3 is 5.73 Å². The van der Waals surface area contributed by atoms with E-state index in [2.05, 4.69) is 62.2 Å². The van der Waals surface area contributed by atoms with Crippen LogP contribution in [0, 0.1) is 13.8 Å². The topological polar surface area (TPSA) is 26.0 Å². The smallest absolute Gasteiger partial charge is 0.0346 e. The van der Waals surface area contributed by atoms with E-state index < -0.39 is 0 Å². The fraction of sp³-hybridized carbons (Fsp3) is 0.304. The van der Waals surface area contributed by atoms with E-state index in [0.717, 1.165) is 22.6 Å². The van der Waals surface area contributed by atoms with Crippen LogP contribution >= 0.6 is 11.8 Å². The molecule has 0 saturated heterocycles. The van der Waals surface area contributed by atoms with Gasteiger partial charge in [0.2, 0.25) is 0 Å². The lowest BCUT2D eigenvalue weighted by Crippen LogP contribution is -2.02. The second-order valence-corrected chi connectivity index (χ2v) is 7.94. The van der Waals surface area contributed by atoms with Gasteiger partial charge in [-0.1, -0.05) is 48.7 Å². The normalized spacial score (nSPS) is 13.8. The lowest BCUT2D eigenvalue weighted by atomic mass is 9.90. The zero-order valence-corrected chi connectivity index (χ0v) is 16.1. The van der Waals surface area contributed by atoms with Crippen LogP contribution in [0.25, 0.3) is 4.91 Å². The van der Waals surface area contributed by atoms with E-state index in [4.69, 9.17) is 5.73 Å². The number of hydrogen-bond acceptors (Lipinski definition) is 2. The van der Waals surface area contributed by atoms with E-state index >= 15 is 0 Å². The molecule has 130 valence electrons. The summed E-state index contributed by atoms with van der Waals surface area (Å²) in [5.74, 6) is 0. The maximum absolute atomic E-state index is 5.96. The molecule has 2 aromatic rings. The minimum atomic E-state index is 0.875. The molecule has 2 N–H and O–H groups in total. The van der Waals surface area contributed by atoms with Crippen LogP contribution in [0.1, 0.15) is 46.2 Å². The number of allylic oxidation sites excluding steroid dienone is 1. The highest BCUT2D eigenvalue weighted by Gasteiger charge is 2.10. The van der Waals surface area contributed by atoms with Crippen LogP contribution in [0.4, 0.5) is 5.69 Å². The number of fused-ring (bicyclic) bond motifs is 1. The molecule has 2 aromatic carbocycles. The number of rotatable bonds is 5. The van der Waals surface area contributed by atoms with Crippen molar-refractivity contribution in [3.05, 3.63) is 81.8 Å². The van der Waals surface area contributed by atoms with Crippen LogP contribution in [0.5, 0.6) is 0 Å². The van der Waals surface area contributed by atoms with Gasteiger partial charge in [0.05, 0.1) is 0 Å². The summed E-state index contributed by atoms with van der Waals surface area (Å²) in [6, 6.07) is 11.1. The van der Waals surface area contributed by atoms with Crippen molar-refractivity contribution in [2.75, 3.05) is 5.73 Å². The number of nitrogen functional groups attached to an aromatic ring is 1. The van der Waals surface area contributed by atoms with Gasteiger partial charge in [-0.05, 0) is 90.8 Å². The van der Waals surface area contributed by atoms with Gasteiger partial charge in [0.1, 0.15) is 0 Å². The van der Waals surface area contributed by atoms with Crippen LogP contribution < -0.4 is 5.73 Å². The standard InChI is InChI=1S/C23H27NS/c1-16-14-23(24)17(2)13-20(16)9-6-12-25-18(3)21-11-10-19-7-4-5-8-22(19)15-21/h6,10-15H,3-5,7-9,24H2,1-2H3/b12-6+. The van der Waals surface area contributed by atoms with Gasteiger partial charge in [0.15, 0.2) is 0 Å². The van der Waals surface area contributed by atoms with E-state index in [9.17, 15) is 0 Å². The van der Waals surface area contributed by atoms with Crippen LogP contribution in [-0.4, -0.2) is 0 Å². The van der Waals surface area contributed by atoms with E-state index in [-0.39, 0.29) is 0 Å². The fourth-order valence-electron chi connectivity index (χ4n) is 3.40. The fourth-order valence-corrected chi connectivity index (χ4v) is 4.02. The molecule has 0 saturated carbocycles. The van der Waals surface area contributed by atoms with Gasteiger partial charge in [0, 0.05) is 10.6 Å². The van der Waals surface area contributed by atoms with E-state index in [0.29, 0.717) is 0 Å². The lowest BCUT2D eigenvalue weighted by Gasteiger charge is -2.16. The van der Waals surface area contributed by atoms with Gasteiger partial charge in [-0.25, -0.2) is 0 Å². The molecule has 0 spiro atoms. The van der Waals surface area contributed by atoms with E-state index in [1.807, 2.05) is 0 Å². The maximum Gasteiger partial charge on any atom is 0.0346 e. The number of hydrogen-bond donors (Lipinski definition) is 1. The number of nitrogens with two attached hydrogens (primary N) is 1. The monoisotopic (exact) mass is 349 g/mol. The summed E-state index contributed by atoms with van der Waals surface area (Å²) in [6.45, 7) is 8.44. The molecule has 0 atom stereocenters. The molecular formula is C23H27NS. The summed E-state index contributed by atoms with van der Waals surface area (Å²) in [5.41, 5.74) is 14.9. The number of thioether (sulfide) groups is 1. The second-order valence-electron chi connectivity index (χ2n) is 6.94. The summed E-state index contributed by atoms with van der Waals surface area (Å²) in [5, 5.41) is 2.16. The molecule has 1 aliphatic carbocycles. The maximum atomic E-state index is 5.96. The molecule has 25 heavy (non-hydrogen) atoms. The molecule has 1 aliphatic rings. The largest absolute Gasteiger partial charge is 0.399 e. The highest BCUT2D eigenvalue weighted by molar-refractivity contribution is 8.10. The zero-order chi connectivity index (χ0) is 17.8. The van der Waals surface area contributed by atoms with Crippen LogP contribution in [0.3, 0.4) is 0 Å². The highest BCUT2D eigenvalue weighted by atomic mass is 32.2. The summed E-state index contributed by atoms with van der Waals surface area (Å²) >= 11 is 1.71. The number of anilines is 1. The number of aryl methyl sites for hydroxylation is 4. The molecule has 0 aromatic heterocycles. The van der Waals surface area contributed by atoms with Crippen LogP contribution in [-0.2, 0) is 19.3 Å². The Morgan fingerprint density at radius 3 is 2.64 bits per heavy atom. The molecule has 0 amide bonds. The van der Waals surface area contributed by atoms with Gasteiger partial charge in [-0.3, -0.25) is 0 Å². The Morgan fingerprint density at radius 1 is 1.08 bits per heavy atom. The van der Waals surface area contributed by atoms with Crippen molar-refractivity contribution >= 4 is 22.4 Å². The first-order chi connectivity index (χ1) is 12.0. The Bertz CT molecular complexity index is 817. The third-order valence-electron chi connectivity index (χ3n) is 5.04. The zero-order valence-electron chi connectivity index (χ0n) is 15.3. The third-order valence-corrected chi connectivity index (χ3v) is 5.89. The van der Waals surface area contributed by atoms with Gasteiger partial charge in [0.25, 0.3) is 0 Å². The van der Waals surface area contributed by atoms with Crippen LogP contribution in [0.15, 0.2) is 48.4 Å². The first-order valence-electron chi connectivity index (χ1n) is 9.03. The molecule has 0 fully saturated rings. The summed E-state index contributed by atoms with van der Waals surface area (Å²) in [6.07, 6.45) is 8.23. The predicted octanol–water partition coefficient (Wildman–Crippen LogP) is 6.22. The van der Waals surface area contributed by atoms with Crippen LogP contribution in [0.2, 0.25) is 0 Å². The van der Waals surface area contributed by atoms with Crippen molar-refractivity contribution in [3.8, 4) is 0 Å². The minimum absolute atomic E-state index is 0.875. The third kappa shape index (κ3) is 4.38. The molecule has 0 unspecified atom stereocenters. The average molecular weight is 350 g/mol. The van der Waals surface area contributed by atoms with Crippen molar-refractivity contribution in [2.24, 2.45) is 0 Å². The quantitative estimate of drug-likeness (QED) is 0.648. The van der Waals surface area contributed by atoms with Crippen molar-refractivity contribution in [1.82, 2.24) is 0 Å². The summed E-state index contributed by atoms with van der Waals surface area (Å²) in [7, 11) is 0. The van der Waals surface area contributed by atoms with Gasteiger partial charge in [-0.15, -0.1) is 0 Å². The first-order valence-corrected chi connectivity index (χ1v) is 9.91. The predicted molar refractivity (Wildman–Crippen MR) is 113 cm³/mol. The van der Waals surface area contributed by atoms with Gasteiger partial charge in [-0.2, -0.15) is 0 Å². The van der Waals surface area contributed by atoms with Crippen molar-refractivity contribution in [2.45, 2.75) is 46.0 Å². The van der Waals surface area contributed by atoms with E-state index in [1.54, 1.807) is 11.8 Å². The molecule has 0 heterocycles. The second kappa shape index (κ2) is 7.97. The molecule has 0 aliphatic heterocycles. The molecule has 0 radical (unpaired) electrons. The van der Waals surface area contributed by atoms with Crippen molar-refractivity contribution in [3.63, 3.8) is 0 Å². The molecule has 2 heteroatoms. The molecule has 1 nitrogen and oxygen atoms in total. The Kier molecular flexibility index (Phi) is 5.70. The molecular weight excluding hydrogens is 322 g/mol. The molecule has 0 bridgehead atoms. The first kappa shape index (κ1) is 17.9. The minimum Gasteiger partial charge on any atom is -0.399 e. The Hall–Kier alpha value is -1.93. The summed E-state index contributed by atoms with van der Waals surface area (Å²) in [4.78, 5) is 1.12. The summed E-state index contributed by atoms with van der Waals surface area (Å²) < 4.78 is 0. The van der Waals surface area contributed by atoms with E-state index in [1.165, 1.54) is 53.5 Å². The number of benzene rings is 2. The molecule has 3 rings (SSSR count). The Labute approximate surface area is 156 Å². The Morgan fingerprint density at radius 2 is 1.84 bits per heavy atom. The van der Waals surface area contributed by atoms with Crippen molar-refractivity contribution in [1.29, 1.82) is 0 Å². The van der Waals surface area contributed by atoms with Gasteiger partial charge >= 0.3 is 0 Å². The highest BCUT2D eigenvalue weighted by Crippen LogP contribution is 2.30. The average Bonchev–Trinajstić information content (AvgIpc) is 2.62. The lowest BCUT2D eigenvalue weighted by molar-refractivity contribution is 0.685.